The molecule has 4 aromatic rings. The standard InChI is InChI=1S/C27H20N4O4/c32-26(31-34)23-15-24(22-12-10-19(11-13-22)8-9-20-7-4-14-28-17-20)29-25(16-23)30-27(33)35-18-21-5-2-1-3-6-21/h1-7,10-17,34H,18H2,(H,31,32)(H,29,30,33). The van der Waals surface area contributed by atoms with Gasteiger partial charge in [-0.2, -0.15) is 0 Å². The van der Waals surface area contributed by atoms with E-state index >= 15 is 0 Å². The first-order valence-electron chi connectivity index (χ1n) is 10.6. The summed E-state index contributed by atoms with van der Waals surface area (Å²) >= 11 is 0. The molecule has 3 N–H and O–H groups in total. The number of benzene rings is 2. The molecule has 172 valence electrons. The molecule has 2 aromatic heterocycles. The average Bonchev–Trinajstić information content (AvgIpc) is 2.91. The van der Waals surface area contributed by atoms with Gasteiger partial charge in [0.25, 0.3) is 5.91 Å². The summed E-state index contributed by atoms with van der Waals surface area (Å²) in [4.78, 5) is 32.8. The summed E-state index contributed by atoms with van der Waals surface area (Å²) in [6.45, 7) is 0.0812. The topological polar surface area (TPSA) is 113 Å². The summed E-state index contributed by atoms with van der Waals surface area (Å²) < 4.78 is 5.22. The average molecular weight is 464 g/mol. The normalized spacial score (nSPS) is 9.97. The zero-order valence-corrected chi connectivity index (χ0v) is 18.4. The first kappa shape index (κ1) is 23.2. The van der Waals surface area contributed by atoms with Gasteiger partial charge in [0.1, 0.15) is 12.4 Å². The number of hydrogen-bond acceptors (Lipinski definition) is 6. The quantitative estimate of drug-likeness (QED) is 0.229. The predicted molar refractivity (Wildman–Crippen MR) is 129 cm³/mol. The van der Waals surface area contributed by atoms with E-state index in [0.717, 1.165) is 16.7 Å². The lowest BCUT2D eigenvalue weighted by Crippen LogP contribution is -2.20. The van der Waals surface area contributed by atoms with Gasteiger partial charge in [-0.3, -0.25) is 20.3 Å². The van der Waals surface area contributed by atoms with Gasteiger partial charge in [-0.05, 0) is 42.0 Å². The number of carbonyl (C=O) groups is 2. The Labute approximate surface area is 201 Å². The first-order chi connectivity index (χ1) is 17.1. The van der Waals surface area contributed by atoms with Gasteiger partial charge in [-0.25, -0.2) is 15.3 Å². The fraction of sp³-hybridized carbons (Fsp3) is 0.0370. The number of anilines is 1. The molecule has 8 heteroatoms. The van der Waals surface area contributed by atoms with E-state index in [1.807, 2.05) is 54.6 Å². The van der Waals surface area contributed by atoms with Crippen molar-refractivity contribution < 1.29 is 19.5 Å². The van der Waals surface area contributed by atoms with Gasteiger partial charge in [0.05, 0.1) is 5.69 Å². The Morgan fingerprint density at radius 1 is 0.914 bits per heavy atom. The number of amides is 2. The van der Waals surface area contributed by atoms with E-state index < -0.39 is 12.0 Å². The predicted octanol–water partition coefficient (Wildman–Crippen LogP) is 4.41. The van der Waals surface area contributed by atoms with Crippen molar-refractivity contribution in [1.29, 1.82) is 0 Å². The van der Waals surface area contributed by atoms with Crippen LogP contribution in [0, 0.1) is 11.8 Å². The summed E-state index contributed by atoms with van der Waals surface area (Å²) in [6.07, 6.45) is 2.64. The van der Waals surface area contributed by atoms with Crippen molar-refractivity contribution in [3.05, 3.63) is 114 Å². The third-order valence-corrected chi connectivity index (χ3v) is 4.83. The van der Waals surface area contributed by atoms with E-state index in [4.69, 9.17) is 9.94 Å². The van der Waals surface area contributed by atoms with Crippen molar-refractivity contribution in [3.8, 4) is 23.1 Å². The molecule has 4 rings (SSSR count). The second-order valence-electron chi connectivity index (χ2n) is 7.32. The summed E-state index contributed by atoms with van der Waals surface area (Å²) in [7, 11) is 0. The zero-order chi connectivity index (χ0) is 24.5. The maximum Gasteiger partial charge on any atom is 0.413 e. The SMILES string of the molecule is O=C(Nc1cc(C(=O)NO)cc(-c2ccc(C#Cc3cccnc3)cc2)n1)OCc1ccccc1. The molecule has 0 saturated carbocycles. The van der Waals surface area contributed by atoms with Crippen LogP contribution >= 0.6 is 0 Å². The highest BCUT2D eigenvalue weighted by molar-refractivity contribution is 5.96. The van der Waals surface area contributed by atoms with Gasteiger partial charge >= 0.3 is 6.09 Å². The van der Waals surface area contributed by atoms with Crippen molar-refractivity contribution in [2.24, 2.45) is 0 Å². The number of nitrogens with zero attached hydrogens (tertiary/aromatic N) is 2. The van der Waals surface area contributed by atoms with Crippen LogP contribution in [-0.4, -0.2) is 27.2 Å². The van der Waals surface area contributed by atoms with E-state index in [9.17, 15) is 9.59 Å². The van der Waals surface area contributed by atoms with Gasteiger partial charge in [0.2, 0.25) is 0 Å². The first-order valence-corrected chi connectivity index (χ1v) is 10.6. The van der Waals surface area contributed by atoms with Gasteiger partial charge in [0, 0.05) is 34.6 Å². The van der Waals surface area contributed by atoms with Crippen LogP contribution in [0.4, 0.5) is 10.6 Å². The smallest absolute Gasteiger partial charge is 0.413 e. The zero-order valence-electron chi connectivity index (χ0n) is 18.4. The molecule has 8 nitrogen and oxygen atoms in total. The summed E-state index contributed by atoms with van der Waals surface area (Å²) in [5, 5.41) is 11.6. The minimum atomic E-state index is -0.742. The van der Waals surface area contributed by atoms with Crippen molar-refractivity contribution in [3.63, 3.8) is 0 Å². The molecule has 0 aliphatic rings. The van der Waals surface area contributed by atoms with Crippen molar-refractivity contribution in [2.45, 2.75) is 6.61 Å². The van der Waals surface area contributed by atoms with Crippen LogP contribution in [0.2, 0.25) is 0 Å². The van der Waals surface area contributed by atoms with Crippen LogP contribution in [0.5, 0.6) is 0 Å². The fourth-order valence-corrected chi connectivity index (χ4v) is 3.11. The second kappa shape index (κ2) is 11.2. The number of rotatable bonds is 5. The molecule has 0 bridgehead atoms. The number of nitrogens with one attached hydrogen (secondary N) is 2. The molecule has 0 unspecified atom stereocenters. The van der Waals surface area contributed by atoms with Crippen LogP contribution in [0.25, 0.3) is 11.3 Å². The number of aromatic nitrogens is 2. The number of hydrogen-bond donors (Lipinski definition) is 3. The Kier molecular flexibility index (Phi) is 7.43. The maximum absolute atomic E-state index is 12.3. The lowest BCUT2D eigenvalue weighted by atomic mass is 10.1. The molecular weight excluding hydrogens is 444 g/mol. The molecule has 0 saturated heterocycles. The second-order valence-corrected chi connectivity index (χ2v) is 7.32. The molecule has 0 aliphatic heterocycles. The summed E-state index contributed by atoms with van der Waals surface area (Å²) in [5.41, 5.74) is 5.21. The minimum Gasteiger partial charge on any atom is -0.444 e. The molecule has 2 aromatic carbocycles. The Morgan fingerprint density at radius 3 is 2.40 bits per heavy atom. The Morgan fingerprint density at radius 2 is 1.69 bits per heavy atom. The van der Waals surface area contributed by atoms with E-state index in [1.165, 1.54) is 12.1 Å². The highest BCUT2D eigenvalue weighted by Crippen LogP contribution is 2.22. The summed E-state index contributed by atoms with van der Waals surface area (Å²) in [5.74, 6) is 5.45. The molecule has 35 heavy (non-hydrogen) atoms. The van der Waals surface area contributed by atoms with Gasteiger partial charge < -0.3 is 4.74 Å². The number of carbonyl (C=O) groups excluding carboxylic acids is 2. The molecule has 0 fully saturated rings. The van der Waals surface area contributed by atoms with Crippen LogP contribution < -0.4 is 10.8 Å². The number of ether oxygens (including phenoxy) is 1. The summed E-state index contributed by atoms with van der Waals surface area (Å²) in [6, 6.07) is 23.0. The van der Waals surface area contributed by atoms with E-state index in [0.29, 0.717) is 11.3 Å². The number of hydroxylamine groups is 1. The van der Waals surface area contributed by atoms with Crippen LogP contribution in [0.3, 0.4) is 0 Å². The Bertz CT molecular complexity index is 1380. The highest BCUT2D eigenvalue weighted by Gasteiger charge is 2.13. The lowest BCUT2D eigenvalue weighted by Gasteiger charge is -2.10. The van der Waals surface area contributed by atoms with Crippen molar-refractivity contribution >= 4 is 17.8 Å². The van der Waals surface area contributed by atoms with Crippen LogP contribution in [0.15, 0.2) is 91.3 Å². The van der Waals surface area contributed by atoms with E-state index in [-0.39, 0.29) is 18.0 Å². The minimum absolute atomic E-state index is 0.0812. The molecule has 0 atom stereocenters. The largest absolute Gasteiger partial charge is 0.444 e. The molecule has 2 amide bonds. The van der Waals surface area contributed by atoms with E-state index in [2.05, 4.69) is 27.1 Å². The lowest BCUT2D eigenvalue weighted by molar-refractivity contribution is 0.0706. The molecule has 0 aliphatic carbocycles. The Hall–Kier alpha value is -5.00. The van der Waals surface area contributed by atoms with Gasteiger partial charge in [-0.15, -0.1) is 0 Å². The Balaban J connectivity index is 1.53. The third-order valence-electron chi connectivity index (χ3n) is 4.83. The van der Waals surface area contributed by atoms with Crippen molar-refractivity contribution in [2.75, 3.05) is 5.32 Å². The maximum atomic E-state index is 12.3. The van der Waals surface area contributed by atoms with Crippen molar-refractivity contribution in [1.82, 2.24) is 15.4 Å². The number of pyridine rings is 2. The highest BCUT2D eigenvalue weighted by atomic mass is 16.5. The molecular formula is C27H20N4O4. The molecule has 0 radical (unpaired) electrons. The molecule has 2 heterocycles. The third kappa shape index (κ3) is 6.51. The van der Waals surface area contributed by atoms with Gasteiger partial charge in [-0.1, -0.05) is 54.3 Å². The fourth-order valence-electron chi connectivity index (χ4n) is 3.11. The van der Waals surface area contributed by atoms with Crippen LogP contribution in [0.1, 0.15) is 27.0 Å². The van der Waals surface area contributed by atoms with Crippen LogP contribution in [-0.2, 0) is 11.3 Å². The van der Waals surface area contributed by atoms with Gasteiger partial charge in [0.15, 0.2) is 0 Å². The van der Waals surface area contributed by atoms with E-state index in [1.54, 1.807) is 30.0 Å². The monoisotopic (exact) mass is 464 g/mol. The molecule has 0 spiro atoms.